The molecule has 0 spiro atoms. The number of nitrogens with one attached hydrogen (secondary N) is 1. The molecule has 2 bridgehead atoms. The van der Waals surface area contributed by atoms with E-state index in [1.165, 1.54) is 0 Å². The van der Waals surface area contributed by atoms with Crippen molar-refractivity contribution in [2.45, 2.75) is 43.9 Å². The van der Waals surface area contributed by atoms with Crippen LogP contribution in [0.4, 0.5) is 28.2 Å². The summed E-state index contributed by atoms with van der Waals surface area (Å²) in [6.45, 7) is 1.87. The van der Waals surface area contributed by atoms with Gasteiger partial charge in [0.1, 0.15) is 5.82 Å². The highest BCUT2D eigenvalue weighted by atomic mass is 19.4. The number of aliphatic hydroxyl groups excluding tert-OH is 1. The Morgan fingerprint density at radius 3 is 2.60 bits per heavy atom. The number of alkyl halides is 3. The van der Waals surface area contributed by atoms with Gasteiger partial charge in [0.15, 0.2) is 11.6 Å². The molecular formula is C19H19F4N5O2. The number of aliphatic hydroxyl groups is 1. The van der Waals surface area contributed by atoms with Crippen molar-refractivity contribution in [1.82, 2.24) is 19.9 Å². The number of piperidine rings is 1. The van der Waals surface area contributed by atoms with Gasteiger partial charge in [0, 0.05) is 17.8 Å². The molecule has 160 valence electrons. The zero-order chi connectivity index (χ0) is 21.7. The third kappa shape index (κ3) is 3.47. The van der Waals surface area contributed by atoms with Gasteiger partial charge in [-0.2, -0.15) is 13.2 Å². The summed E-state index contributed by atoms with van der Waals surface area (Å²) < 4.78 is 53.3. The van der Waals surface area contributed by atoms with Gasteiger partial charge in [-0.05, 0) is 31.2 Å². The monoisotopic (exact) mass is 425 g/mol. The predicted molar refractivity (Wildman–Crippen MR) is 97.7 cm³/mol. The van der Waals surface area contributed by atoms with E-state index in [-0.39, 0.29) is 24.3 Å². The molecule has 2 saturated heterocycles. The molecular weight excluding hydrogens is 406 g/mol. The second kappa shape index (κ2) is 7.15. The number of hydrogen-bond donors (Lipinski definition) is 2. The third-order valence-electron chi connectivity index (χ3n) is 5.71. The molecule has 2 aliphatic heterocycles. The number of anilines is 1. The molecule has 3 atom stereocenters. The molecule has 0 unspecified atom stereocenters. The van der Waals surface area contributed by atoms with E-state index in [0.717, 1.165) is 24.9 Å². The van der Waals surface area contributed by atoms with E-state index in [1.807, 2.05) is 0 Å². The number of halogens is 4. The first-order valence-corrected chi connectivity index (χ1v) is 9.39. The second-order valence-electron chi connectivity index (χ2n) is 7.92. The Kier molecular flexibility index (Phi) is 4.88. The molecule has 11 heteroatoms. The number of hydrogen-bond acceptors (Lipinski definition) is 5. The van der Waals surface area contributed by atoms with Crippen LogP contribution in [0, 0.1) is 11.7 Å². The van der Waals surface area contributed by atoms with Crippen molar-refractivity contribution in [3.8, 4) is 11.4 Å². The second-order valence-corrected chi connectivity index (χ2v) is 7.92. The number of aromatic nitrogens is 3. The number of rotatable bonds is 3. The van der Waals surface area contributed by atoms with Crippen molar-refractivity contribution < 1.29 is 27.5 Å². The quantitative estimate of drug-likeness (QED) is 0.735. The lowest BCUT2D eigenvalue weighted by Crippen LogP contribution is -2.73. The van der Waals surface area contributed by atoms with Crippen LogP contribution in [-0.2, 0) is 6.18 Å². The summed E-state index contributed by atoms with van der Waals surface area (Å²) in [6.07, 6.45) is -0.501. The Labute approximate surface area is 169 Å². The van der Waals surface area contributed by atoms with Gasteiger partial charge in [0.25, 0.3) is 0 Å². The van der Waals surface area contributed by atoms with E-state index in [1.54, 1.807) is 4.90 Å². The Balaban J connectivity index is 1.63. The van der Waals surface area contributed by atoms with Crippen LogP contribution in [-0.4, -0.2) is 49.2 Å². The number of pyridine rings is 1. The smallest absolute Gasteiger partial charge is 0.394 e. The first-order chi connectivity index (χ1) is 14.1. The summed E-state index contributed by atoms with van der Waals surface area (Å²) in [7, 11) is 0. The van der Waals surface area contributed by atoms with E-state index in [2.05, 4.69) is 27.2 Å². The molecule has 0 radical (unpaired) electrons. The Morgan fingerprint density at radius 2 is 1.97 bits per heavy atom. The fourth-order valence-electron chi connectivity index (χ4n) is 4.61. The third-order valence-corrected chi connectivity index (χ3v) is 5.71. The lowest BCUT2D eigenvalue weighted by atomic mass is 9.65. The summed E-state index contributed by atoms with van der Waals surface area (Å²) >= 11 is 0. The van der Waals surface area contributed by atoms with Crippen molar-refractivity contribution in [3.63, 3.8) is 0 Å². The average Bonchev–Trinajstić information content (AvgIpc) is 2.66. The van der Waals surface area contributed by atoms with Gasteiger partial charge < -0.3 is 10.0 Å². The number of amides is 2. The number of carbonyl (C=O) groups excluding carboxylic acids is 1. The minimum Gasteiger partial charge on any atom is -0.394 e. The molecule has 0 aromatic carbocycles. The summed E-state index contributed by atoms with van der Waals surface area (Å²) in [4.78, 5) is 25.3. The summed E-state index contributed by atoms with van der Waals surface area (Å²) in [5.41, 5.74) is -2.18. The van der Waals surface area contributed by atoms with Crippen molar-refractivity contribution in [2.24, 2.45) is 5.92 Å². The van der Waals surface area contributed by atoms with Gasteiger partial charge in [-0.15, -0.1) is 0 Å². The molecule has 2 N–H and O–H groups in total. The van der Waals surface area contributed by atoms with Crippen molar-refractivity contribution >= 4 is 11.8 Å². The van der Waals surface area contributed by atoms with Crippen LogP contribution >= 0.6 is 0 Å². The number of fused-ring (bicyclic) bond motifs is 2. The summed E-state index contributed by atoms with van der Waals surface area (Å²) in [5, 5.41) is 12.3. The highest BCUT2D eigenvalue weighted by Gasteiger charge is 2.57. The Morgan fingerprint density at radius 1 is 1.27 bits per heavy atom. The van der Waals surface area contributed by atoms with E-state index in [9.17, 15) is 27.5 Å². The van der Waals surface area contributed by atoms with E-state index >= 15 is 0 Å². The Hall–Kier alpha value is -2.82. The van der Waals surface area contributed by atoms with Crippen LogP contribution in [0.25, 0.3) is 11.4 Å². The minimum absolute atomic E-state index is 0.0322. The number of urea groups is 1. The zero-order valence-corrected chi connectivity index (χ0v) is 15.9. The first-order valence-electron chi connectivity index (χ1n) is 9.39. The molecule has 30 heavy (non-hydrogen) atoms. The normalized spacial score (nSPS) is 25.6. The maximum atomic E-state index is 13.4. The molecule has 4 heterocycles. The number of nitrogens with zero attached hydrogens (tertiary/aromatic N) is 4. The van der Waals surface area contributed by atoms with Crippen molar-refractivity contribution in [1.29, 1.82) is 0 Å². The van der Waals surface area contributed by atoms with Gasteiger partial charge in [-0.25, -0.2) is 24.1 Å². The fourth-order valence-corrected chi connectivity index (χ4v) is 4.61. The summed E-state index contributed by atoms with van der Waals surface area (Å²) in [6, 6.07) is 0.443. The van der Waals surface area contributed by atoms with Crippen LogP contribution in [0.2, 0.25) is 0 Å². The molecule has 7 nitrogen and oxygen atoms in total. The Bertz CT molecular complexity index is 968. The molecule has 1 saturated carbocycles. The lowest BCUT2D eigenvalue weighted by molar-refractivity contribution is -0.137. The molecule has 5 rings (SSSR count). The molecule has 3 fully saturated rings. The largest absolute Gasteiger partial charge is 0.418 e. The first kappa shape index (κ1) is 20.5. The van der Waals surface area contributed by atoms with Gasteiger partial charge in [-0.1, -0.05) is 6.92 Å². The standard InChI is InChI=1S/C19H19F4N5O2/c1-10-2-12-5-18(4-10,9-29)28(12)17(30)27-15-3-13(14(8-24-15)19(21,22)23)16-25-6-11(20)7-26-16/h3,6-8,10,12,29H,2,4-5,9H2,1H3,(H,24,27,30)/t10-,12+,18-/m1/s1. The van der Waals surface area contributed by atoms with Gasteiger partial charge in [0.2, 0.25) is 0 Å². The summed E-state index contributed by atoms with van der Waals surface area (Å²) in [5.74, 6) is -0.890. The van der Waals surface area contributed by atoms with Crippen LogP contribution in [0.5, 0.6) is 0 Å². The van der Waals surface area contributed by atoms with Gasteiger partial charge >= 0.3 is 12.2 Å². The topological polar surface area (TPSA) is 91.2 Å². The van der Waals surface area contributed by atoms with Crippen molar-refractivity contribution in [2.75, 3.05) is 11.9 Å². The maximum Gasteiger partial charge on any atom is 0.418 e. The SMILES string of the molecule is C[C@@H]1C[C@H]2C[C@@](CO)(C1)N2C(=O)Nc1cc(-c2ncc(F)cn2)c(C(F)(F)F)cn1. The molecule has 2 amide bonds. The van der Waals surface area contributed by atoms with Crippen LogP contribution in [0.3, 0.4) is 0 Å². The molecule has 2 aromatic rings. The molecule has 1 aliphatic carbocycles. The van der Waals surface area contributed by atoms with Crippen LogP contribution < -0.4 is 5.32 Å². The van der Waals surface area contributed by atoms with Gasteiger partial charge in [0.05, 0.1) is 30.1 Å². The van der Waals surface area contributed by atoms with E-state index in [0.29, 0.717) is 25.0 Å². The van der Waals surface area contributed by atoms with Crippen LogP contribution in [0.1, 0.15) is 31.7 Å². The molecule has 3 aliphatic rings. The highest BCUT2D eigenvalue weighted by molar-refractivity contribution is 5.90. The molecule has 2 aromatic heterocycles. The minimum atomic E-state index is -4.74. The van der Waals surface area contributed by atoms with Crippen molar-refractivity contribution in [3.05, 3.63) is 36.0 Å². The fraction of sp³-hybridized carbons (Fsp3) is 0.474. The number of carbonyl (C=O) groups is 1. The van der Waals surface area contributed by atoms with Gasteiger partial charge in [-0.3, -0.25) is 5.32 Å². The van der Waals surface area contributed by atoms with Crippen LogP contribution in [0.15, 0.2) is 24.7 Å². The lowest BCUT2D eigenvalue weighted by Gasteiger charge is -2.62. The van der Waals surface area contributed by atoms with E-state index in [4.69, 9.17) is 0 Å². The average molecular weight is 425 g/mol. The zero-order valence-electron chi connectivity index (χ0n) is 15.9. The predicted octanol–water partition coefficient (Wildman–Crippen LogP) is 3.46. The highest BCUT2D eigenvalue weighted by Crippen LogP contribution is 2.49. The maximum absolute atomic E-state index is 13.4. The van der Waals surface area contributed by atoms with E-state index < -0.39 is 34.7 Å².